The van der Waals surface area contributed by atoms with E-state index in [2.05, 4.69) is 0 Å². The number of carbonyl (C=O) groups is 1. The molecule has 0 atom stereocenters. The van der Waals surface area contributed by atoms with Crippen molar-refractivity contribution in [3.8, 4) is 11.5 Å². The Kier molecular flexibility index (Phi) is 3.44. The molecule has 0 bridgehead atoms. The van der Waals surface area contributed by atoms with E-state index in [0.29, 0.717) is 24.7 Å². The topological polar surface area (TPSA) is 35.5 Å². The van der Waals surface area contributed by atoms with E-state index in [1.807, 2.05) is 24.3 Å². The molecular weight excluding hydrogens is 204 g/mol. The molecular formula is C13H16O3. The van der Waals surface area contributed by atoms with Gasteiger partial charge in [-0.15, -0.1) is 0 Å². The van der Waals surface area contributed by atoms with E-state index in [1.165, 1.54) is 0 Å². The Balaban J connectivity index is 1.77. The summed E-state index contributed by atoms with van der Waals surface area (Å²) in [6, 6.07) is 7.42. The molecule has 3 heteroatoms. The van der Waals surface area contributed by atoms with E-state index < -0.39 is 0 Å². The van der Waals surface area contributed by atoms with Crippen LogP contribution in [0.5, 0.6) is 11.5 Å². The van der Waals surface area contributed by atoms with Gasteiger partial charge < -0.3 is 9.47 Å². The van der Waals surface area contributed by atoms with Crippen LogP contribution in [0.25, 0.3) is 0 Å². The molecule has 0 saturated heterocycles. The van der Waals surface area contributed by atoms with Crippen LogP contribution >= 0.6 is 0 Å². The normalized spacial score (nSPS) is 14.6. The van der Waals surface area contributed by atoms with Crippen LogP contribution < -0.4 is 9.47 Å². The maximum Gasteiger partial charge on any atom is 0.139 e. The highest BCUT2D eigenvalue weighted by molar-refractivity contribution is 5.83. The third-order valence-electron chi connectivity index (χ3n) is 2.69. The minimum absolute atomic E-state index is 0.328. The number of Topliss-reactive ketones (excluding diaryl/α,β-unsaturated/α-hetero) is 1. The van der Waals surface area contributed by atoms with Gasteiger partial charge in [-0.3, -0.25) is 4.79 Å². The van der Waals surface area contributed by atoms with Crippen molar-refractivity contribution in [1.82, 2.24) is 0 Å². The van der Waals surface area contributed by atoms with Crippen LogP contribution in [0, 0.1) is 5.92 Å². The van der Waals surface area contributed by atoms with Gasteiger partial charge in [0.15, 0.2) is 0 Å². The standard InChI is InChI=1S/C13H16O3/c1-15-11-3-2-4-12(9-11)16-8-7-13(14)10-5-6-10/h2-4,9-10H,5-8H2,1H3. The lowest BCUT2D eigenvalue weighted by Gasteiger charge is -2.06. The zero-order chi connectivity index (χ0) is 11.4. The predicted octanol–water partition coefficient (Wildman–Crippen LogP) is 2.44. The summed E-state index contributed by atoms with van der Waals surface area (Å²) in [5, 5.41) is 0. The number of ether oxygens (including phenoxy) is 2. The number of hydrogen-bond donors (Lipinski definition) is 0. The zero-order valence-electron chi connectivity index (χ0n) is 9.44. The molecule has 1 fully saturated rings. The summed E-state index contributed by atoms with van der Waals surface area (Å²) in [5.74, 6) is 2.19. The van der Waals surface area contributed by atoms with Gasteiger partial charge in [0.2, 0.25) is 0 Å². The van der Waals surface area contributed by atoms with Crippen molar-refractivity contribution in [2.24, 2.45) is 5.92 Å². The molecule has 0 heterocycles. The van der Waals surface area contributed by atoms with E-state index in [9.17, 15) is 4.79 Å². The van der Waals surface area contributed by atoms with Gasteiger partial charge in [0.1, 0.15) is 17.3 Å². The van der Waals surface area contributed by atoms with Crippen LogP contribution in [0.2, 0.25) is 0 Å². The fourth-order valence-corrected chi connectivity index (χ4v) is 1.57. The highest BCUT2D eigenvalue weighted by Crippen LogP contribution is 2.30. The molecule has 0 spiro atoms. The summed E-state index contributed by atoms with van der Waals surface area (Å²) in [6.07, 6.45) is 2.65. The summed E-state index contributed by atoms with van der Waals surface area (Å²) in [7, 11) is 1.62. The minimum atomic E-state index is 0.328. The number of hydrogen-bond acceptors (Lipinski definition) is 3. The van der Waals surface area contributed by atoms with Crippen molar-refractivity contribution in [2.75, 3.05) is 13.7 Å². The van der Waals surface area contributed by atoms with Crippen molar-refractivity contribution in [3.63, 3.8) is 0 Å². The molecule has 3 nitrogen and oxygen atoms in total. The second-order valence-electron chi connectivity index (χ2n) is 4.02. The van der Waals surface area contributed by atoms with Crippen molar-refractivity contribution < 1.29 is 14.3 Å². The number of rotatable bonds is 6. The van der Waals surface area contributed by atoms with Crippen molar-refractivity contribution in [3.05, 3.63) is 24.3 Å². The highest BCUT2D eigenvalue weighted by atomic mass is 16.5. The van der Waals surface area contributed by atoms with E-state index in [1.54, 1.807) is 7.11 Å². The average Bonchev–Trinajstić information content (AvgIpc) is 3.13. The van der Waals surface area contributed by atoms with Crippen LogP contribution in [-0.4, -0.2) is 19.5 Å². The lowest BCUT2D eigenvalue weighted by molar-refractivity contribution is -0.120. The summed E-state index contributed by atoms with van der Waals surface area (Å²) in [5.41, 5.74) is 0. The first kappa shape index (κ1) is 11.0. The molecule has 0 unspecified atom stereocenters. The van der Waals surface area contributed by atoms with Crippen LogP contribution in [0.1, 0.15) is 19.3 Å². The van der Waals surface area contributed by atoms with E-state index in [0.717, 1.165) is 24.3 Å². The maximum atomic E-state index is 11.4. The molecule has 1 aliphatic rings. The van der Waals surface area contributed by atoms with Gasteiger partial charge in [0.25, 0.3) is 0 Å². The zero-order valence-corrected chi connectivity index (χ0v) is 9.44. The third-order valence-corrected chi connectivity index (χ3v) is 2.69. The molecule has 0 radical (unpaired) electrons. The molecule has 2 rings (SSSR count). The summed E-state index contributed by atoms with van der Waals surface area (Å²) in [6.45, 7) is 0.461. The number of methoxy groups -OCH3 is 1. The van der Waals surface area contributed by atoms with Crippen LogP contribution in [0.4, 0.5) is 0 Å². The molecule has 86 valence electrons. The fraction of sp³-hybridized carbons (Fsp3) is 0.462. The van der Waals surface area contributed by atoms with E-state index in [4.69, 9.17) is 9.47 Å². The van der Waals surface area contributed by atoms with Gasteiger partial charge in [-0.1, -0.05) is 6.07 Å². The second kappa shape index (κ2) is 5.01. The molecule has 1 aromatic carbocycles. The molecule has 16 heavy (non-hydrogen) atoms. The average molecular weight is 220 g/mol. The first-order chi connectivity index (χ1) is 7.79. The lowest BCUT2D eigenvalue weighted by atomic mass is 10.2. The minimum Gasteiger partial charge on any atom is -0.497 e. The molecule has 1 aliphatic carbocycles. The quantitative estimate of drug-likeness (QED) is 0.738. The monoisotopic (exact) mass is 220 g/mol. The molecule has 0 aliphatic heterocycles. The Morgan fingerprint density at radius 2 is 2.12 bits per heavy atom. The van der Waals surface area contributed by atoms with E-state index in [-0.39, 0.29) is 0 Å². The first-order valence-corrected chi connectivity index (χ1v) is 5.59. The van der Waals surface area contributed by atoms with Gasteiger partial charge in [-0.05, 0) is 25.0 Å². The molecule has 1 saturated carbocycles. The van der Waals surface area contributed by atoms with Crippen molar-refractivity contribution >= 4 is 5.78 Å². The van der Waals surface area contributed by atoms with Crippen LogP contribution in [0.3, 0.4) is 0 Å². The smallest absolute Gasteiger partial charge is 0.139 e. The Labute approximate surface area is 95.4 Å². The largest absolute Gasteiger partial charge is 0.497 e. The Hall–Kier alpha value is -1.51. The number of carbonyl (C=O) groups excluding carboxylic acids is 1. The third kappa shape index (κ3) is 2.99. The summed E-state index contributed by atoms with van der Waals surface area (Å²) in [4.78, 5) is 11.4. The Morgan fingerprint density at radius 1 is 1.38 bits per heavy atom. The first-order valence-electron chi connectivity index (χ1n) is 5.59. The Bertz CT molecular complexity index is 369. The van der Waals surface area contributed by atoms with Gasteiger partial charge in [-0.25, -0.2) is 0 Å². The second-order valence-corrected chi connectivity index (χ2v) is 4.02. The molecule has 1 aromatic rings. The van der Waals surface area contributed by atoms with Gasteiger partial charge in [-0.2, -0.15) is 0 Å². The van der Waals surface area contributed by atoms with Gasteiger partial charge in [0.05, 0.1) is 13.7 Å². The number of ketones is 1. The van der Waals surface area contributed by atoms with Crippen molar-refractivity contribution in [1.29, 1.82) is 0 Å². The maximum absolute atomic E-state index is 11.4. The number of benzene rings is 1. The molecule has 0 aromatic heterocycles. The predicted molar refractivity (Wildman–Crippen MR) is 60.8 cm³/mol. The van der Waals surface area contributed by atoms with Gasteiger partial charge >= 0.3 is 0 Å². The SMILES string of the molecule is COc1cccc(OCCC(=O)C2CC2)c1. The van der Waals surface area contributed by atoms with Crippen LogP contribution in [-0.2, 0) is 4.79 Å². The molecule has 0 N–H and O–H groups in total. The van der Waals surface area contributed by atoms with E-state index >= 15 is 0 Å². The summed E-state index contributed by atoms with van der Waals surface area (Å²) >= 11 is 0. The van der Waals surface area contributed by atoms with Gasteiger partial charge in [0, 0.05) is 18.4 Å². The van der Waals surface area contributed by atoms with Crippen LogP contribution in [0.15, 0.2) is 24.3 Å². The highest BCUT2D eigenvalue weighted by Gasteiger charge is 2.28. The van der Waals surface area contributed by atoms with Crippen molar-refractivity contribution in [2.45, 2.75) is 19.3 Å². The fourth-order valence-electron chi connectivity index (χ4n) is 1.57. The molecule has 0 amide bonds. The lowest BCUT2D eigenvalue weighted by Crippen LogP contribution is -2.07. The Morgan fingerprint density at radius 3 is 2.81 bits per heavy atom. The summed E-state index contributed by atoms with van der Waals surface area (Å²) < 4.78 is 10.6.